The molecule has 1 rings (SSSR count). The van der Waals surface area contributed by atoms with Crippen molar-refractivity contribution >= 4 is 23.2 Å². The van der Waals surface area contributed by atoms with Crippen LogP contribution < -0.4 is 0 Å². The fourth-order valence-corrected chi connectivity index (χ4v) is 1.49. The summed E-state index contributed by atoms with van der Waals surface area (Å²) in [4.78, 5) is 3.49. The molecular weight excluding hydrogens is 235 g/mol. The molecule has 2 nitrogen and oxygen atoms in total. The van der Waals surface area contributed by atoms with Gasteiger partial charge in [0.2, 0.25) is 0 Å². The zero-order valence-electron chi connectivity index (χ0n) is 6.98. The van der Waals surface area contributed by atoms with Crippen molar-refractivity contribution in [1.29, 1.82) is 0 Å². The van der Waals surface area contributed by atoms with Crippen LogP contribution >= 0.6 is 23.2 Å². The van der Waals surface area contributed by atoms with E-state index in [1.54, 1.807) is 0 Å². The Balaban J connectivity index is 3.24. The van der Waals surface area contributed by atoms with E-state index >= 15 is 0 Å². The highest BCUT2D eigenvalue weighted by atomic mass is 35.5. The number of aliphatic hydroxyl groups excluding tert-OH is 1. The fourth-order valence-electron chi connectivity index (χ4n) is 1.00. The van der Waals surface area contributed by atoms with Crippen LogP contribution in [0, 0.1) is 0 Å². The Kier molecular flexibility index (Phi) is 4.04. The molecule has 14 heavy (non-hydrogen) atoms. The lowest BCUT2D eigenvalue weighted by Gasteiger charge is -2.08. The third-order valence-electron chi connectivity index (χ3n) is 1.68. The zero-order valence-corrected chi connectivity index (χ0v) is 8.49. The molecule has 0 fully saturated rings. The topological polar surface area (TPSA) is 33.1 Å². The Morgan fingerprint density at radius 2 is 2.07 bits per heavy atom. The van der Waals surface area contributed by atoms with Gasteiger partial charge in [-0.3, -0.25) is 0 Å². The van der Waals surface area contributed by atoms with E-state index in [2.05, 4.69) is 4.98 Å². The first-order chi connectivity index (χ1) is 6.60. The molecule has 1 heterocycles. The number of halogens is 4. The summed E-state index contributed by atoms with van der Waals surface area (Å²) in [7, 11) is 0. The van der Waals surface area contributed by atoms with E-state index in [1.807, 2.05) is 0 Å². The van der Waals surface area contributed by atoms with Gasteiger partial charge in [-0.05, 0) is 6.07 Å². The van der Waals surface area contributed by atoms with Gasteiger partial charge >= 0.3 is 0 Å². The summed E-state index contributed by atoms with van der Waals surface area (Å²) < 4.78 is 24.7. The first-order valence-electron chi connectivity index (χ1n) is 3.73. The number of alkyl halides is 3. The molecule has 0 saturated carbocycles. The molecule has 78 valence electrons. The van der Waals surface area contributed by atoms with E-state index in [1.165, 1.54) is 6.07 Å². The molecule has 0 spiro atoms. The number of aliphatic hydroxyl groups is 1. The highest BCUT2D eigenvalue weighted by Crippen LogP contribution is 2.26. The Morgan fingerprint density at radius 1 is 1.43 bits per heavy atom. The van der Waals surface area contributed by atoms with Gasteiger partial charge in [0, 0.05) is 11.1 Å². The summed E-state index contributed by atoms with van der Waals surface area (Å²) in [5, 5.41) is 8.77. The summed E-state index contributed by atoms with van der Waals surface area (Å²) in [6, 6.07) is 1.34. The number of rotatable bonds is 3. The molecule has 0 unspecified atom stereocenters. The van der Waals surface area contributed by atoms with Gasteiger partial charge in [0.25, 0.3) is 6.43 Å². The van der Waals surface area contributed by atoms with E-state index in [-0.39, 0.29) is 16.6 Å². The van der Waals surface area contributed by atoms with Gasteiger partial charge in [-0.1, -0.05) is 11.6 Å². The first-order valence-corrected chi connectivity index (χ1v) is 4.64. The lowest BCUT2D eigenvalue weighted by Crippen LogP contribution is -2.01. The second kappa shape index (κ2) is 4.87. The van der Waals surface area contributed by atoms with Gasteiger partial charge in [-0.15, -0.1) is 11.6 Å². The van der Waals surface area contributed by atoms with Crippen molar-refractivity contribution in [2.24, 2.45) is 0 Å². The van der Waals surface area contributed by atoms with E-state index in [4.69, 9.17) is 28.3 Å². The average Bonchev–Trinajstić information content (AvgIpc) is 2.17. The zero-order chi connectivity index (χ0) is 10.7. The van der Waals surface area contributed by atoms with Gasteiger partial charge in [0.15, 0.2) is 0 Å². The smallest absolute Gasteiger partial charge is 0.280 e. The van der Waals surface area contributed by atoms with Crippen LogP contribution in [0.1, 0.15) is 23.2 Å². The molecular formula is C8H7Cl2F2NO. The molecule has 0 aliphatic rings. The maximum Gasteiger partial charge on any atom is 0.280 e. The van der Waals surface area contributed by atoms with Crippen molar-refractivity contribution in [2.45, 2.75) is 18.9 Å². The molecule has 1 aromatic heterocycles. The fraction of sp³-hybridized carbons (Fsp3) is 0.375. The highest BCUT2D eigenvalue weighted by Gasteiger charge is 2.17. The summed E-state index contributed by atoms with van der Waals surface area (Å²) in [5.74, 6) is 0.0718. The molecule has 1 aromatic rings. The normalized spacial score (nSPS) is 11.0. The molecule has 0 atom stereocenters. The minimum atomic E-state index is -2.75. The first kappa shape index (κ1) is 11.6. The molecule has 0 radical (unpaired) electrons. The number of hydrogen-bond donors (Lipinski definition) is 1. The van der Waals surface area contributed by atoms with Crippen LogP contribution in [0.3, 0.4) is 0 Å². The van der Waals surface area contributed by atoms with Crippen LogP contribution in [0.15, 0.2) is 6.07 Å². The summed E-state index contributed by atoms with van der Waals surface area (Å²) in [6.07, 6.45) is -2.75. The van der Waals surface area contributed by atoms with Gasteiger partial charge < -0.3 is 5.11 Å². The third kappa shape index (κ3) is 2.32. The van der Waals surface area contributed by atoms with Crippen molar-refractivity contribution in [3.8, 4) is 0 Å². The Hall–Kier alpha value is -0.450. The van der Waals surface area contributed by atoms with Crippen molar-refractivity contribution in [2.75, 3.05) is 0 Å². The molecule has 1 N–H and O–H groups in total. The van der Waals surface area contributed by atoms with E-state index < -0.39 is 18.7 Å². The predicted octanol–water partition coefficient (Wildman–Crippen LogP) is 2.90. The maximum atomic E-state index is 12.4. The van der Waals surface area contributed by atoms with Gasteiger partial charge in [0.05, 0.1) is 12.5 Å². The van der Waals surface area contributed by atoms with Crippen molar-refractivity contribution in [1.82, 2.24) is 4.98 Å². The van der Waals surface area contributed by atoms with Crippen LogP contribution in [-0.2, 0) is 12.5 Å². The molecule has 6 heteroatoms. The van der Waals surface area contributed by atoms with Crippen molar-refractivity contribution in [3.05, 3.63) is 28.0 Å². The summed E-state index contributed by atoms with van der Waals surface area (Å²) in [6.45, 7) is -0.506. The summed E-state index contributed by atoms with van der Waals surface area (Å²) >= 11 is 11.1. The number of nitrogens with zero attached hydrogens (tertiary/aromatic N) is 1. The largest absolute Gasteiger partial charge is 0.392 e. The Bertz CT molecular complexity index is 333. The van der Waals surface area contributed by atoms with Gasteiger partial charge in [0.1, 0.15) is 10.8 Å². The van der Waals surface area contributed by atoms with Crippen molar-refractivity contribution in [3.63, 3.8) is 0 Å². The Labute approximate surface area is 89.5 Å². The molecule has 0 bridgehead atoms. The molecule has 0 aliphatic heterocycles. The standard InChI is InChI=1S/C8H7Cl2F2NO/c9-2-4-1-5(3-14)6(8(11)12)13-7(4)10/h1,8,14H,2-3H2. The Morgan fingerprint density at radius 3 is 2.50 bits per heavy atom. The minimum absolute atomic E-state index is 0.0486. The van der Waals surface area contributed by atoms with Gasteiger partial charge in [-0.25, -0.2) is 13.8 Å². The van der Waals surface area contributed by atoms with Crippen LogP contribution in [0.25, 0.3) is 0 Å². The number of hydrogen-bond acceptors (Lipinski definition) is 2. The van der Waals surface area contributed by atoms with Crippen LogP contribution in [-0.4, -0.2) is 10.1 Å². The monoisotopic (exact) mass is 241 g/mol. The van der Waals surface area contributed by atoms with Crippen LogP contribution in [0.5, 0.6) is 0 Å². The second-order valence-electron chi connectivity index (χ2n) is 2.58. The quantitative estimate of drug-likeness (QED) is 0.652. The molecule has 0 aromatic carbocycles. The van der Waals surface area contributed by atoms with E-state index in [0.29, 0.717) is 5.56 Å². The van der Waals surface area contributed by atoms with Crippen molar-refractivity contribution < 1.29 is 13.9 Å². The highest BCUT2D eigenvalue weighted by molar-refractivity contribution is 6.31. The van der Waals surface area contributed by atoms with Crippen LogP contribution in [0.4, 0.5) is 8.78 Å². The number of pyridine rings is 1. The molecule has 0 amide bonds. The lowest BCUT2D eigenvalue weighted by molar-refractivity contribution is 0.141. The molecule has 0 aliphatic carbocycles. The molecule has 0 saturated heterocycles. The SMILES string of the molecule is OCc1cc(CCl)c(Cl)nc1C(F)F. The lowest BCUT2D eigenvalue weighted by atomic mass is 10.1. The van der Waals surface area contributed by atoms with E-state index in [9.17, 15) is 8.78 Å². The average molecular weight is 242 g/mol. The van der Waals surface area contributed by atoms with Crippen LogP contribution in [0.2, 0.25) is 5.15 Å². The van der Waals surface area contributed by atoms with Gasteiger partial charge in [-0.2, -0.15) is 0 Å². The maximum absolute atomic E-state index is 12.4. The van der Waals surface area contributed by atoms with E-state index in [0.717, 1.165) is 0 Å². The predicted molar refractivity (Wildman–Crippen MR) is 49.7 cm³/mol. The third-order valence-corrected chi connectivity index (χ3v) is 2.30. The minimum Gasteiger partial charge on any atom is -0.392 e. The number of aromatic nitrogens is 1. The second-order valence-corrected chi connectivity index (χ2v) is 3.20. The summed E-state index contributed by atoms with van der Waals surface area (Å²) in [5.41, 5.74) is -0.00630.